The smallest absolute Gasteiger partial charge is 0.131 e. The molecule has 0 amide bonds. The molecular weight excluding hydrogens is 387 g/mol. The first-order valence-electron chi connectivity index (χ1n) is 10.2. The van der Waals surface area contributed by atoms with E-state index in [1.807, 2.05) is 24.3 Å². The minimum atomic E-state index is -0.344. The monoisotopic (exact) mass is 412 g/mol. The first-order chi connectivity index (χ1) is 14.2. The number of halogens is 2. The fourth-order valence-electron chi connectivity index (χ4n) is 3.94. The summed E-state index contributed by atoms with van der Waals surface area (Å²) in [5.41, 5.74) is 1.49. The molecule has 0 bridgehead atoms. The van der Waals surface area contributed by atoms with Crippen molar-refractivity contribution >= 4 is 22.4 Å². The number of rotatable bonds is 7. The van der Waals surface area contributed by atoms with Crippen LogP contribution >= 0.6 is 11.6 Å². The summed E-state index contributed by atoms with van der Waals surface area (Å²) in [6.45, 7) is 4.00. The van der Waals surface area contributed by atoms with E-state index in [2.05, 4.69) is 22.8 Å². The fourth-order valence-corrected chi connectivity index (χ4v) is 4.16. The average molecular weight is 413 g/mol. The van der Waals surface area contributed by atoms with Crippen LogP contribution in [0.3, 0.4) is 0 Å². The van der Waals surface area contributed by atoms with Gasteiger partial charge in [-0.25, -0.2) is 4.39 Å². The first kappa shape index (κ1) is 20.1. The number of benzene rings is 3. The van der Waals surface area contributed by atoms with E-state index in [1.54, 1.807) is 12.1 Å². The normalized spacial score (nSPS) is 15.0. The molecule has 1 aliphatic rings. The third-order valence-electron chi connectivity index (χ3n) is 5.62. The second-order valence-electron chi connectivity index (χ2n) is 7.58. The quantitative estimate of drug-likeness (QED) is 0.552. The highest BCUT2D eigenvalue weighted by Crippen LogP contribution is 2.30. The van der Waals surface area contributed by atoms with Gasteiger partial charge in [-0.05, 0) is 67.4 Å². The molecule has 1 aliphatic heterocycles. The van der Waals surface area contributed by atoms with Gasteiger partial charge in [-0.1, -0.05) is 48.0 Å². The maximum Gasteiger partial charge on any atom is 0.131 e. The van der Waals surface area contributed by atoms with Gasteiger partial charge in [-0.2, -0.15) is 0 Å². The molecule has 0 radical (unpaired) electrons. The molecular formula is C24H26ClFN2O. The minimum Gasteiger partial charge on any atom is -0.488 e. The molecule has 0 spiro atoms. The zero-order chi connectivity index (χ0) is 20.1. The molecule has 0 unspecified atom stereocenters. The van der Waals surface area contributed by atoms with Gasteiger partial charge in [0.15, 0.2) is 0 Å². The Kier molecular flexibility index (Phi) is 6.65. The number of fused-ring (bicyclic) bond motifs is 1. The Morgan fingerprint density at radius 3 is 2.66 bits per heavy atom. The molecule has 0 aromatic heterocycles. The zero-order valence-electron chi connectivity index (χ0n) is 16.4. The van der Waals surface area contributed by atoms with Crippen molar-refractivity contribution in [2.45, 2.75) is 26.0 Å². The Labute approximate surface area is 176 Å². The van der Waals surface area contributed by atoms with E-state index in [1.165, 1.54) is 24.3 Å². The Balaban J connectivity index is 1.53. The van der Waals surface area contributed by atoms with Crippen LogP contribution in [0.5, 0.6) is 5.75 Å². The molecule has 3 aromatic rings. The van der Waals surface area contributed by atoms with Crippen molar-refractivity contribution in [2.24, 2.45) is 5.92 Å². The van der Waals surface area contributed by atoms with E-state index >= 15 is 0 Å². The highest BCUT2D eigenvalue weighted by molar-refractivity contribution is 6.31. The Bertz CT molecular complexity index is 952. The lowest BCUT2D eigenvalue weighted by Crippen LogP contribution is -2.33. The van der Waals surface area contributed by atoms with Crippen molar-refractivity contribution in [1.82, 2.24) is 10.6 Å². The van der Waals surface area contributed by atoms with Gasteiger partial charge in [0.05, 0.1) is 5.02 Å². The molecule has 3 aromatic carbocycles. The van der Waals surface area contributed by atoms with Crippen LogP contribution in [0.4, 0.5) is 4.39 Å². The van der Waals surface area contributed by atoms with Crippen molar-refractivity contribution < 1.29 is 9.13 Å². The SMILES string of the molecule is Fc1cccc(Cl)c1COc1ccc2ccccc2c1CNCC1CCNCC1. The van der Waals surface area contributed by atoms with Crippen LogP contribution in [0.1, 0.15) is 24.0 Å². The van der Waals surface area contributed by atoms with Gasteiger partial charge in [0.1, 0.15) is 18.2 Å². The molecule has 4 rings (SSSR count). The number of piperidine rings is 1. The Hall–Kier alpha value is -2.14. The van der Waals surface area contributed by atoms with Crippen LogP contribution in [-0.2, 0) is 13.2 Å². The summed E-state index contributed by atoms with van der Waals surface area (Å²) >= 11 is 6.16. The van der Waals surface area contributed by atoms with E-state index in [0.717, 1.165) is 36.3 Å². The summed E-state index contributed by atoms with van der Waals surface area (Å²) in [5.74, 6) is 1.12. The van der Waals surface area contributed by atoms with Crippen LogP contribution in [0.15, 0.2) is 54.6 Å². The van der Waals surface area contributed by atoms with E-state index < -0.39 is 0 Å². The lowest BCUT2D eigenvalue weighted by atomic mass is 9.98. The van der Waals surface area contributed by atoms with Crippen molar-refractivity contribution in [3.63, 3.8) is 0 Å². The van der Waals surface area contributed by atoms with Crippen LogP contribution < -0.4 is 15.4 Å². The number of nitrogens with one attached hydrogen (secondary N) is 2. The van der Waals surface area contributed by atoms with Crippen LogP contribution in [0.2, 0.25) is 5.02 Å². The summed E-state index contributed by atoms with van der Waals surface area (Å²) in [5, 5.41) is 9.73. The van der Waals surface area contributed by atoms with Crippen molar-refractivity contribution in [3.8, 4) is 5.75 Å². The van der Waals surface area contributed by atoms with Crippen molar-refractivity contribution in [3.05, 3.63) is 76.6 Å². The largest absolute Gasteiger partial charge is 0.488 e. The highest BCUT2D eigenvalue weighted by atomic mass is 35.5. The van der Waals surface area contributed by atoms with Crippen LogP contribution in [0.25, 0.3) is 10.8 Å². The lowest BCUT2D eigenvalue weighted by molar-refractivity contribution is 0.295. The maximum absolute atomic E-state index is 14.1. The van der Waals surface area contributed by atoms with Crippen molar-refractivity contribution in [2.75, 3.05) is 19.6 Å². The molecule has 1 heterocycles. The molecule has 5 heteroatoms. The summed E-state index contributed by atoms with van der Waals surface area (Å²) < 4.78 is 20.2. The second kappa shape index (κ2) is 9.57. The van der Waals surface area contributed by atoms with E-state index in [9.17, 15) is 4.39 Å². The lowest BCUT2D eigenvalue weighted by Gasteiger charge is -2.23. The molecule has 152 valence electrons. The molecule has 0 saturated carbocycles. The van der Waals surface area contributed by atoms with Gasteiger partial charge in [-0.3, -0.25) is 0 Å². The van der Waals surface area contributed by atoms with Gasteiger partial charge in [0.2, 0.25) is 0 Å². The van der Waals surface area contributed by atoms with Crippen molar-refractivity contribution in [1.29, 1.82) is 0 Å². The van der Waals surface area contributed by atoms with Gasteiger partial charge >= 0.3 is 0 Å². The predicted octanol–water partition coefficient (Wildman–Crippen LogP) is 5.30. The third-order valence-corrected chi connectivity index (χ3v) is 5.98. The predicted molar refractivity (Wildman–Crippen MR) is 117 cm³/mol. The van der Waals surface area contributed by atoms with E-state index in [4.69, 9.17) is 16.3 Å². The molecule has 29 heavy (non-hydrogen) atoms. The van der Waals surface area contributed by atoms with Gasteiger partial charge in [-0.15, -0.1) is 0 Å². The van der Waals surface area contributed by atoms with Gasteiger partial charge < -0.3 is 15.4 Å². The standard InChI is InChI=1S/C24H26ClFN2O/c25-22-6-3-7-23(26)21(22)16-29-24-9-8-18-4-1-2-5-19(18)20(24)15-28-14-17-10-12-27-13-11-17/h1-9,17,27-28H,10-16H2. The summed E-state index contributed by atoms with van der Waals surface area (Å²) in [7, 11) is 0. The summed E-state index contributed by atoms with van der Waals surface area (Å²) in [4.78, 5) is 0. The number of hydrogen-bond acceptors (Lipinski definition) is 3. The molecule has 1 fully saturated rings. The first-order valence-corrected chi connectivity index (χ1v) is 10.6. The van der Waals surface area contributed by atoms with Crippen LogP contribution in [0, 0.1) is 11.7 Å². The van der Waals surface area contributed by atoms with E-state index in [0.29, 0.717) is 23.0 Å². The molecule has 0 aliphatic carbocycles. The second-order valence-corrected chi connectivity index (χ2v) is 7.98. The third kappa shape index (κ3) is 4.89. The molecule has 3 nitrogen and oxygen atoms in total. The number of ether oxygens (including phenoxy) is 1. The topological polar surface area (TPSA) is 33.3 Å². The summed E-state index contributed by atoms with van der Waals surface area (Å²) in [6, 6.07) is 17.0. The van der Waals surface area contributed by atoms with Gasteiger partial charge in [0, 0.05) is 17.7 Å². The maximum atomic E-state index is 14.1. The fraction of sp³-hybridized carbons (Fsp3) is 0.333. The Morgan fingerprint density at radius 1 is 1.00 bits per heavy atom. The molecule has 0 atom stereocenters. The number of hydrogen-bond donors (Lipinski definition) is 2. The summed E-state index contributed by atoms with van der Waals surface area (Å²) in [6.07, 6.45) is 2.41. The highest BCUT2D eigenvalue weighted by Gasteiger charge is 2.15. The van der Waals surface area contributed by atoms with Gasteiger partial charge in [0.25, 0.3) is 0 Å². The minimum absolute atomic E-state index is 0.102. The Morgan fingerprint density at radius 2 is 1.83 bits per heavy atom. The molecule has 2 N–H and O–H groups in total. The average Bonchev–Trinajstić information content (AvgIpc) is 2.75. The molecule has 1 saturated heterocycles. The zero-order valence-corrected chi connectivity index (χ0v) is 17.1. The van der Waals surface area contributed by atoms with Crippen LogP contribution in [-0.4, -0.2) is 19.6 Å². The van der Waals surface area contributed by atoms with E-state index in [-0.39, 0.29) is 12.4 Å².